The third-order valence-corrected chi connectivity index (χ3v) is 4.91. The molecule has 0 amide bonds. The zero-order valence-corrected chi connectivity index (χ0v) is 19.2. The van der Waals surface area contributed by atoms with Gasteiger partial charge in [0.2, 0.25) is 6.79 Å². The van der Waals surface area contributed by atoms with E-state index in [1.807, 2.05) is 6.92 Å². The predicted molar refractivity (Wildman–Crippen MR) is 118 cm³/mol. The lowest BCUT2D eigenvalue weighted by Gasteiger charge is -2.25. The number of alkyl halides is 2. The van der Waals surface area contributed by atoms with Crippen LogP contribution in [-0.2, 0) is 6.54 Å². The number of nitrogens with zero attached hydrogens (tertiary/aromatic N) is 2. The van der Waals surface area contributed by atoms with E-state index in [0.29, 0.717) is 41.7 Å². The van der Waals surface area contributed by atoms with Crippen LogP contribution in [0.2, 0.25) is 0 Å². The van der Waals surface area contributed by atoms with Crippen molar-refractivity contribution in [1.82, 2.24) is 15.5 Å². The summed E-state index contributed by atoms with van der Waals surface area (Å²) >= 11 is 0. The lowest BCUT2D eigenvalue weighted by atomic mass is 10.1. The first-order valence-electron chi connectivity index (χ1n) is 9.59. The van der Waals surface area contributed by atoms with Crippen LogP contribution in [0.4, 0.5) is 8.78 Å². The molecular weight excluding hydrogens is 497 g/mol. The summed E-state index contributed by atoms with van der Waals surface area (Å²) in [6, 6.07) is 4.10. The number of rotatable bonds is 9. The Morgan fingerprint density at radius 2 is 1.97 bits per heavy atom. The van der Waals surface area contributed by atoms with Gasteiger partial charge in [-0.15, -0.1) is 24.0 Å². The highest BCUT2D eigenvalue weighted by Crippen LogP contribution is 2.39. The van der Waals surface area contributed by atoms with Crippen LogP contribution in [0.15, 0.2) is 17.1 Å². The second-order valence-corrected chi connectivity index (χ2v) is 7.01. The SMILES string of the molecule is CCNC(=NCc1cc2c(cc1OC(F)F)OCO2)NCC(C)N(C)C1CC1.I. The van der Waals surface area contributed by atoms with Crippen LogP contribution < -0.4 is 24.8 Å². The van der Waals surface area contributed by atoms with Crippen LogP contribution in [-0.4, -0.2) is 56.5 Å². The van der Waals surface area contributed by atoms with Gasteiger partial charge in [-0.3, -0.25) is 4.90 Å². The first-order chi connectivity index (χ1) is 13.5. The van der Waals surface area contributed by atoms with Crippen molar-refractivity contribution in [3.8, 4) is 17.2 Å². The molecule has 0 radical (unpaired) electrons. The van der Waals surface area contributed by atoms with Gasteiger partial charge < -0.3 is 24.8 Å². The summed E-state index contributed by atoms with van der Waals surface area (Å²) in [5, 5.41) is 6.50. The average molecular weight is 526 g/mol. The van der Waals surface area contributed by atoms with Crippen LogP contribution in [0.3, 0.4) is 0 Å². The summed E-state index contributed by atoms with van der Waals surface area (Å²) < 4.78 is 40.8. The molecule has 1 aliphatic carbocycles. The number of likely N-dealkylation sites (N-methyl/N-ethyl adjacent to an activating group) is 1. The van der Waals surface area contributed by atoms with Crippen molar-refractivity contribution in [2.45, 2.75) is 51.9 Å². The number of guanidine groups is 1. The molecule has 0 aromatic heterocycles. The molecule has 0 spiro atoms. The Morgan fingerprint density at radius 1 is 1.28 bits per heavy atom. The molecule has 2 N–H and O–H groups in total. The van der Waals surface area contributed by atoms with Gasteiger partial charge in [0.1, 0.15) is 5.75 Å². The Bertz CT molecular complexity index is 704. The van der Waals surface area contributed by atoms with Gasteiger partial charge in [0.25, 0.3) is 0 Å². The maximum atomic E-state index is 12.8. The minimum atomic E-state index is -2.92. The second-order valence-electron chi connectivity index (χ2n) is 7.01. The van der Waals surface area contributed by atoms with Crippen molar-refractivity contribution in [2.24, 2.45) is 4.99 Å². The van der Waals surface area contributed by atoms with Crippen molar-refractivity contribution in [3.05, 3.63) is 17.7 Å². The summed E-state index contributed by atoms with van der Waals surface area (Å²) in [6.07, 6.45) is 2.51. The maximum absolute atomic E-state index is 12.8. The molecule has 1 fully saturated rings. The Balaban J connectivity index is 0.00000300. The molecule has 1 aromatic carbocycles. The molecule has 3 rings (SSSR count). The Kier molecular flexibility index (Phi) is 9.00. The molecule has 0 saturated heterocycles. The van der Waals surface area contributed by atoms with Crippen molar-refractivity contribution < 1.29 is 23.0 Å². The van der Waals surface area contributed by atoms with Crippen LogP contribution in [0, 0.1) is 0 Å². The minimum Gasteiger partial charge on any atom is -0.454 e. The quantitative estimate of drug-likeness (QED) is 0.293. The molecular formula is C19H29F2IN4O3. The fourth-order valence-electron chi connectivity index (χ4n) is 3.03. The number of halogens is 3. The Morgan fingerprint density at radius 3 is 2.59 bits per heavy atom. The van der Waals surface area contributed by atoms with Crippen LogP contribution in [0.1, 0.15) is 32.3 Å². The van der Waals surface area contributed by atoms with Gasteiger partial charge in [-0.2, -0.15) is 8.78 Å². The second kappa shape index (κ2) is 11.0. The topological polar surface area (TPSA) is 67.4 Å². The van der Waals surface area contributed by atoms with Gasteiger partial charge in [-0.05, 0) is 39.8 Å². The molecule has 2 aliphatic rings. The minimum absolute atomic E-state index is 0. The Hall–Kier alpha value is -1.56. The fourth-order valence-corrected chi connectivity index (χ4v) is 3.03. The van der Waals surface area contributed by atoms with Crippen molar-refractivity contribution >= 4 is 29.9 Å². The van der Waals surface area contributed by atoms with E-state index >= 15 is 0 Å². The van der Waals surface area contributed by atoms with Crippen molar-refractivity contribution in [1.29, 1.82) is 0 Å². The van der Waals surface area contributed by atoms with Gasteiger partial charge in [-0.1, -0.05) is 0 Å². The number of aliphatic imine (C=N–C) groups is 1. The first kappa shape index (κ1) is 23.7. The first-order valence-corrected chi connectivity index (χ1v) is 9.59. The molecule has 1 aliphatic heterocycles. The summed E-state index contributed by atoms with van der Waals surface area (Å²) in [4.78, 5) is 6.89. The Labute approximate surface area is 187 Å². The number of ether oxygens (including phenoxy) is 3. The number of fused-ring (bicyclic) bond motifs is 1. The predicted octanol–water partition coefficient (Wildman–Crippen LogP) is 3.17. The van der Waals surface area contributed by atoms with Gasteiger partial charge in [0, 0.05) is 36.8 Å². The average Bonchev–Trinajstić information content (AvgIpc) is 3.41. The molecule has 164 valence electrons. The van der Waals surface area contributed by atoms with E-state index in [2.05, 4.69) is 39.2 Å². The number of benzene rings is 1. The highest BCUT2D eigenvalue weighted by atomic mass is 127. The van der Waals surface area contributed by atoms with Crippen molar-refractivity contribution in [2.75, 3.05) is 26.9 Å². The van der Waals surface area contributed by atoms with E-state index in [1.54, 1.807) is 6.07 Å². The lowest BCUT2D eigenvalue weighted by molar-refractivity contribution is -0.0505. The molecule has 1 unspecified atom stereocenters. The van der Waals surface area contributed by atoms with E-state index in [1.165, 1.54) is 18.9 Å². The van der Waals surface area contributed by atoms with E-state index in [-0.39, 0.29) is 43.1 Å². The third-order valence-electron chi connectivity index (χ3n) is 4.91. The van der Waals surface area contributed by atoms with Crippen LogP contribution in [0.5, 0.6) is 17.2 Å². The number of hydrogen-bond donors (Lipinski definition) is 2. The summed E-state index contributed by atoms with van der Waals surface area (Å²) in [6.45, 7) is 2.88. The largest absolute Gasteiger partial charge is 0.454 e. The smallest absolute Gasteiger partial charge is 0.387 e. The molecule has 0 bridgehead atoms. The summed E-state index contributed by atoms with van der Waals surface area (Å²) in [7, 11) is 2.13. The number of nitrogens with one attached hydrogen (secondary N) is 2. The zero-order chi connectivity index (χ0) is 20.1. The molecule has 1 atom stereocenters. The normalized spacial score (nSPS) is 16.6. The number of hydrogen-bond acceptors (Lipinski definition) is 5. The monoisotopic (exact) mass is 526 g/mol. The van der Waals surface area contributed by atoms with Crippen LogP contribution >= 0.6 is 24.0 Å². The molecule has 1 saturated carbocycles. The van der Waals surface area contributed by atoms with Gasteiger partial charge in [0.15, 0.2) is 17.5 Å². The van der Waals surface area contributed by atoms with E-state index in [4.69, 9.17) is 9.47 Å². The van der Waals surface area contributed by atoms with E-state index in [9.17, 15) is 8.78 Å². The molecule has 1 heterocycles. The molecule has 10 heteroatoms. The van der Waals surface area contributed by atoms with E-state index < -0.39 is 6.61 Å². The van der Waals surface area contributed by atoms with Gasteiger partial charge in [-0.25, -0.2) is 4.99 Å². The van der Waals surface area contributed by atoms with Crippen molar-refractivity contribution in [3.63, 3.8) is 0 Å². The lowest BCUT2D eigenvalue weighted by Crippen LogP contribution is -2.45. The maximum Gasteiger partial charge on any atom is 0.387 e. The fraction of sp³-hybridized carbons (Fsp3) is 0.632. The highest BCUT2D eigenvalue weighted by molar-refractivity contribution is 14.0. The van der Waals surface area contributed by atoms with Gasteiger partial charge in [0.05, 0.1) is 6.54 Å². The highest BCUT2D eigenvalue weighted by Gasteiger charge is 2.29. The third kappa shape index (κ3) is 6.73. The van der Waals surface area contributed by atoms with E-state index in [0.717, 1.165) is 6.54 Å². The summed E-state index contributed by atoms with van der Waals surface area (Å²) in [5.41, 5.74) is 0.505. The molecule has 29 heavy (non-hydrogen) atoms. The van der Waals surface area contributed by atoms with Gasteiger partial charge >= 0.3 is 6.61 Å². The zero-order valence-electron chi connectivity index (χ0n) is 16.9. The van der Waals surface area contributed by atoms with Crippen LogP contribution in [0.25, 0.3) is 0 Å². The standard InChI is InChI=1S/C19H28F2N4O3.HI/c1-4-22-19(23-9-12(2)25(3)14-5-6-14)24-10-13-7-16-17(27-11-26-16)8-15(13)28-18(20)21;/h7-8,12,14,18H,4-6,9-11H2,1-3H3,(H2,22,23,24);1H. The molecule has 7 nitrogen and oxygen atoms in total. The summed E-state index contributed by atoms with van der Waals surface area (Å²) in [5.74, 6) is 1.56. The molecule has 1 aromatic rings.